The third-order valence-corrected chi connectivity index (χ3v) is 2.77. The van der Waals surface area contributed by atoms with Crippen LogP contribution in [0.15, 0.2) is 35.4 Å². The van der Waals surface area contributed by atoms with Gasteiger partial charge in [-0.2, -0.15) is 5.10 Å². The van der Waals surface area contributed by atoms with Gasteiger partial charge < -0.3 is 9.72 Å². The van der Waals surface area contributed by atoms with E-state index in [4.69, 9.17) is 0 Å². The molecule has 1 aromatic carbocycles. The number of hydrogen-bond donors (Lipinski definition) is 2. The van der Waals surface area contributed by atoms with E-state index in [1.54, 1.807) is 6.92 Å². The molecule has 0 aliphatic rings. The number of amides is 1. The molecule has 0 radical (unpaired) electrons. The molecule has 1 aromatic heterocycles. The Hall–Kier alpha value is -2.63. The number of benzene rings is 1. The number of carbonyl (C=O) groups is 1. The number of methoxy groups -OCH3 is 1. The first-order valence-electron chi connectivity index (χ1n) is 6.12. The number of hydrazone groups is 1. The molecule has 0 saturated heterocycles. The number of aryl methyl sites for hydroxylation is 1. The molecule has 0 spiro atoms. The molecule has 0 unspecified atom stereocenters. The quantitative estimate of drug-likeness (QED) is 0.665. The summed E-state index contributed by atoms with van der Waals surface area (Å²) in [7, 11) is 1.29. The van der Waals surface area contributed by atoms with Gasteiger partial charge in [0.1, 0.15) is 11.5 Å². The van der Waals surface area contributed by atoms with Crippen LogP contribution in [-0.2, 0) is 4.74 Å². The molecule has 104 valence electrons. The van der Waals surface area contributed by atoms with Gasteiger partial charge in [-0.3, -0.25) is 0 Å². The van der Waals surface area contributed by atoms with Crippen LogP contribution < -0.4 is 5.43 Å². The number of ether oxygens (including phenoxy) is 1. The summed E-state index contributed by atoms with van der Waals surface area (Å²) in [5.41, 5.74) is 5.47. The van der Waals surface area contributed by atoms with E-state index in [2.05, 4.69) is 25.2 Å². The van der Waals surface area contributed by atoms with E-state index in [0.29, 0.717) is 11.4 Å². The lowest BCUT2D eigenvalue weighted by Gasteiger charge is -1.99. The zero-order chi connectivity index (χ0) is 14.5. The molecule has 0 aliphatic carbocycles. The first kappa shape index (κ1) is 13.8. The van der Waals surface area contributed by atoms with E-state index >= 15 is 0 Å². The number of nitrogens with one attached hydrogen (secondary N) is 2. The highest BCUT2D eigenvalue weighted by Gasteiger charge is 2.11. The van der Waals surface area contributed by atoms with Crippen molar-refractivity contribution in [2.24, 2.45) is 5.10 Å². The van der Waals surface area contributed by atoms with Crippen LogP contribution in [0.3, 0.4) is 0 Å². The van der Waals surface area contributed by atoms with E-state index in [-0.39, 0.29) is 0 Å². The lowest BCUT2D eigenvalue weighted by Crippen LogP contribution is -2.19. The molecule has 0 fully saturated rings. The van der Waals surface area contributed by atoms with Crippen LogP contribution in [0.25, 0.3) is 11.4 Å². The molecule has 6 heteroatoms. The molecule has 2 N–H and O–H groups in total. The number of nitrogens with zero attached hydrogens (tertiary/aromatic N) is 2. The van der Waals surface area contributed by atoms with E-state index in [1.807, 2.05) is 37.3 Å². The fourth-order valence-electron chi connectivity index (χ4n) is 1.77. The zero-order valence-corrected chi connectivity index (χ0v) is 11.6. The van der Waals surface area contributed by atoms with Gasteiger partial charge in [0.15, 0.2) is 0 Å². The molecule has 0 saturated carbocycles. The second-order valence-electron chi connectivity index (χ2n) is 4.23. The predicted octanol–water partition coefficient (Wildman–Crippen LogP) is 2.47. The van der Waals surface area contributed by atoms with E-state index in [9.17, 15) is 4.79 Å². The van der Waals surface area contributed by atoms with Crippen molar-refractivity contribution >= 4 is 11.8 Å². The summed E-state index contributed by atoms with van der Waals surface area (Å²) in [4.78, 5) is 18.7. The maximum atomic E-state index is 11.0. The van der Waals surface area contributed by atoms with E-state index < -0.39 is 6.09 Å². The number of rotatable bonds is 3. The lowest BCUT2D eigenvalue weighted by atomic mass is 10.2. The average molecular weight is 272 g/mol. The minimum absolute atomic E-state index is 0.603. The average Bonchev–Trinajstić information content (AvgIpc) is 2.87. The number of imidazole rings is 1. The Morgan fingerprint density at radius 2 is 2.05 bits per heavy atom. The summed E-state index contributed by atoms with van der Waals surface area (Å²) in [5.74, 6) is 0.769. The van der Waals surface area contributed by atoms with Crippen molar-refractivity contribution in [1.29, 1.82) is 0 Å². The van der Waals surface area contributed by atoms with Gasteiger partial charge in [0, 0.05) is 11.3 Å². The fraction of sp³-hybridized carbons (Fsp3) is 0.214. The van der Waals surface area contributed by atoms with E-state index in [1.165, 1.54) is 7.11 Å². The van der Waals surface area contributed by atoms with Crippen molar-refractivity contribution in [2.75, 3.05) is 7.11 Å². The highest BCUT2D eigenvalue weighted by Crippen LogP contribution is 2.17. The maximum absolute atomic E-state index is 11.0. The molecular weight excluding hydrogens is 256 g/mol. The Labute approximate surface area is 116 Å². The lowest BCUT2D eigenvalue weighted by molar-refractivity contribution is 0.171. The standard InChI is InChI=1S/C14H16N4O2/c1-9-12(10(2)17-18-14(19)20-3)16-13(15-9)11-7-5-4-6-8-11/h4-8H,1-3H3,(H,15,16)(H,18,19). The van der Waals surface area contributed by atoms with Gasteiger partial charge >= 0.3 is 6.09 Å². The molecule has 6 nitrogen and oxygen atoms in total. The van der Waals surface area contributed by atoms with E-state index in [0.717, 1.165) is 17.1 Å². The Kier molecular flexibility index (Phi) is 4.14. The summed E-state index contributed by atoms with van der Waals surface area (Å²) in [6.07, 6.45) is -0.610. The normalized spacial score (nSPS) is 11.2. The minimum atomic E-state index is -0.610. The maximum Gasteiger partial charge on any atom is 0.427 e. The number of H-pyrrole nitrogens is 1. The van der Waals surface area contributed by atoms with Crippen LogP contribution in [0.4, 0.5) is 4.79 Å². The monoisotopic (exact) mass is 272 g/mol. The third kappa shape index (κ3) is 3.03. The number of carbonyl (C=O) groups excluding carboxylic acids is 1. The molecule has 1 amide bonds. The van der Waals surface area contributed by atoms with Crippen LogP contribution in [0.2, 0.25) is 0 Å². The third-order valence-electron chi connectivity index (χ3n) is 2.77. The molecule has 20 heavy (non-hydrogen) atoms. The molecule has 2 rings (SSSR count). The first-order valence-corrected chi connectivity index (χ1v) is 6.12. The minimum Gasteiger partial charge on any atom is -0.452 e. The Bertz CT molecular complexity index is 632. The number of hydrogen-bond acceptors (Lipinski definition) is 4. The summed E-state index contributed by atoms with van der Waals surface area (Å²) in [5, 5.41) is 3.94. The highest BCUT2D eigenvalue weighted by molar-refractivity contribution is 5.98. The van der Waals surface area contributed by atoms with Crippen LogP contribution in [0, 0.1) is 6.92 Å². The largest absolute Gasteiger partial charge is 0.452 e. The molecule has 0 bridgehead atoms. The second kappa shape index (κ2) is 6.01. The highest BCUT2D eigenvalue weighted by atomic mass is 16.5. The molecule has 0 aliphatic heterocycles. The van der Waals surface area contributed by atoms with Crippen molar-refractivity contribution < 1.29 is 9.53 Å². The summed E-state index contributed by atoms with van der Waals surface area (Å²) < 4.78 is 4.46. The van der Waals surface area contributed by atoms with Gasteiger partial charge in [-0.05, 0) is 13.8 Å². The summed E-state index contributed by atoms with van der Waals surface area (Å²) >= 11 is 0. The van der Waals surface area contributed by atoms with Crippen molar-refractivity contribution in [3.05, 3.63) is 41.7 Å². The van der Waals surface area contributed by atoms with Gasteiger partial charge in [0.2, 0.25) is 0 Å². The first-order chi connectivity index (χ1) is 9.61. The Balaban J connectivity index is 2.26. The second-order valence-corrected chi connectivity index (χ2v) is 4.23. The van der Waals surface area contributed by atoms with Gasteiger partial charge in [-0.1, -0.05) is 30.3 Å². The van der Waals surface area contributed by atoms with Gasteiger partial charge in [-0.15, -0.1) is 0 Å². The van der Waals surface area contributed by atoms with Crippen molar-refractivity contribution in [2.45, 2.75) is 13.8 Å². The molecular formula is C14H16N4O2. The number of aromatic nitrogens is 2. The van der Waals surface area contributed by atoms with Crippen LogP contribution in [-0.4, -0.2) is 28.9 Å². The Morgan fingerprint density at radius 1 is 1.35 bits per heavy atom. The smallest absolute Gasteiger partial charge is 0.427 e. The van der Waals surface area contributed by atoms with Crippen molar-refractivity contribution in [1.82, 2.24) is 15.4 Å². The van der Waals surface area contributed by atoms with Crippen molar-refractivity contribution in [3.63, 3.8) is 0 Å². The fourth-order valence-corrected chi connectivity index (χ4v) is 1.77. The topological polar surface area (TPSA) is 79.4 Å². The molecule has 2 aromatic rings. The van der Waals surface area contributed by atoms with Crippen LogP contribution in [0.1, 0.15) is 18.3 Å². The van der Waals surface area contributed by atoms with Crippen molar-refractivity contribution in [3.8, 4) is 11.4 Å². The summed E-state index contributed by atoms with van der Waals surface area (Å²) in [6.45, 7) is 3.68. The zero-order valence-electron chi connectivity index (χ0n) is 11.6. The van der Waals surface area contributed by atoms with Gasteiger partial charge in [0.05, 0.1) is 12.8 Å². The number of aromatic amines is 1. The van der Waals surface area contributed by atoms with Gasteiger partial charge in [0.25, 0.3) is 0 Å². The molecule has 1 heterocycles. The molecule has 0 atom stereocenters. The Morgan fingerprint density at radius 3 is 2.70 bits per heavy atom. The van der Waals surface area contributed by atoms with Crippen LogP contribution >= 0.6 is 0 Å². The summed E-state index contributed by atoms with van der Waals surface area (Å²) in [6, 6.07) is 9.80. The van der Waals surface area contributed by atoms with Gasteiger partial charge in [-0.25, -0.2) is 15.2 Å². The van der Waals surface area contributed by atoms with Crippen LogP contribution in [0.5, 0.6) is 0 Å². The predicted molar refractivity (Wildman–Crippen MR) is 76.5 cm³/mol. The SMILES string of the molecule is COC(=O)NN=C(C)c1nc(-c2ccccc2)[nH]c1C.